The standard InChI is InChI=1S/C15H21F3N2O/c1-10-8-20(9-14(2,3)21-10)13-5-4-11(7-19)6-12(13)15(16,17)18/h4-6,10H,7-9,19H2,1-3H3. The summed E-state index contributed by atoms with van der Waals surface area (Å²) in [4.78, 5) is 1.75. The maximum atomic E-state index is 13.3. The van der Waals surface area contributed by atoms with Gasteiger partial charge in [-0.25, -0.2) is 0 Å². The van der Waals surface area contributed by atoms with Crippen LogP contribution in [-0.4, -0.2) is 24.8 Å². The van der Waals surface area contributed by atoms with E-state index in [0.717, 1.165) is 6.07 Å². The molecule has 0 bridgehead atoms. The average molecular weight is 302 g/mol. The maximum absolute atomic E-state index is 13.3. The van der Waals surface area contributed by atoms with Crippen LogP contribution in [0.1, 0.15) is 31.9 Å². The van der Waals surface area contributed by atoms with Gasteiger partial charge in [0.15, 0.2) is 0 Å². The molecule has 1 aliphatic rings. The third-order valence-electron chi connectivity index (χ3n) is 3.51. The number of anilines is 1. The summed E-state index contributed by atoms with van der Waals surface area (Å²) in [5.74, 6) is 0. The molecule has 1 heterocycles. The van der Waals surface area contributed by atoms with Crippen molar-refractivity contribution in [2.24, 2.45) is 5.73 Å². The molecule has 118 valence electrons. The smallest absolute Gasteiger partial charge is 0.369 e. The lowest BCUT2D eigenvalue weighted by atomic mass is 10.0. The minimum Gasteiger partial charge on any atom is -0.369 e. The van der Waals surface area contributed by atoms with Crippen LogP contribution in [-0.2, 0) is 17.5 Å². The largest absolute Gasteiger partial charge is 0.418 e. The summed E-state index contributed by atoms with van der Waals surface area (Å²) in [5, 5.41) is 0. The van der Waals surface area contributed by atoms with Crippen molar-refractivity contribution < 1.29 is 17.9 Å². The summed E-state index contributed by atoms with van der Waals surface area (Å²) in [6.07, 6.45) is -4.52. The fourth-order valence-corrected chi connectivity index (χ4v) is 2.85. The Kier molecular flexibility index (Phi) is 4.22. The van der Waals surface area contributed by atoms with E-state index in [1.807, 2.05) is 20.8 Å². The van der Waals surface area contributed by atoms with E-state index in [-0.39, 0.29) is 18.3 Å². The van der Waals surface area contributed by atoms with E-state index in [9.17, 15) is 13.2 Å². The predicted octanol–water partition coefficient (Wildman–Crippen LogP) is 3.17. The number of hydrogen-bond donors (Lipinski definition) is 1. The molecule has 3 nitrogen and oxygen atoms in total. The van der Waals surface area contributed by atoms with Crippen molar-refractivity contribution in [3.63, 3.8) is 0 Å². The molecule has 2 N–H and O–H groups in total. The van der Waals surface area contributed by atoms with Crippen LogP contribution in [0, 0.1) is 0 Å². The Bertz CT molecular complexity index is 514. The summed E-state index contributed by atoms with van der Waals surface area (Å²) in [6, 6.07) is 4.30. The number of nitrogens with two attached hydrogens (primary N) is 1. The number of rotatable bonds is 2. The fraction of sp³-hybridized carbons (Fsp3) is 0.600. The minimum absolute atomic E-state index is 0.0916. The summed E-state index contributed by atoms with van der Waals surface area (Å²) in [7, 11) is 0. The number of hydrogen-bond acceptors (Lipinski definition) is 3. The zero-order chi connectivity index (χ0) is 15.8. The molecule has 2 rings (SSSR count). The van der Waals surface area contributed by atoms with E-state index >= 15 is 0 Å². The Morgan fingerprint density at radius 1 is 1.38 bits per heavy atom. The molecule has 1 fully saturated rings. The maximum Gasteiger partial charge on any atom is 0.418 e. The molecular formula is C15H21F3N2O. The van der Waals surface area contributed by atoms with E-state index in [4.69, 9.17) is 10.5 Å². The van der Waals surface area contributed by atoms with Gasteiger partial charge in [0.1, 0.15) is 0 Å². The third-order valence-corrected chi connectivity index (χ3v) is 3.51. The van der Waals surface area contributed by atoms with Crippen molar-refractivity contribution in [1.29, 1.82) is 0 Å². The van der Waals surface area contributed by atoms with E-state index in [1.54, 1.807) is 11.0 Å². The summed E-state index contributed by atoms with van der Waals surface area (Å²) in [6.45, 7) is 6.59. The molecule has 1 aromatic rings. The van der Waals surface area contributed by atoms with Gasteiger partial charge in [0, 0.05) is 25.3 Å². The highest BCUT2D eigenvalue weighted by molar-refractivity contribution is 5.57. The molecular weight excluding hydrogens is 281 g/mol. The molecule has 0 radical (unpaired) electrons. The molecule has 0 saturated carbocycles. The number of benzene rings is 1. The van der Waals surface area contributed by atoms with E-state index < -0.39 is 17.3 Å². The van der Waals surface area contributed by atoms with Gasteiger partial charge in [-0.1, -0.05) is 6.07 Å². The highest BCUT2D eigenvalue weighted by Gasteiger charge is 2.38. The molecule has 1 aliphatic heterocycles. The topological polar surface area (TPSA) is 38.5 Å². The molecule has 1 unspecified atom stereocenters. The molecule has 0 amide bonds. The van der Waals surface area contributed by atoms with Crippen molar-refractivity contribution >= 4 is 5.69 Å². The molecule has 6 heteroatoms. The minimum atomic E-state index is -4.40. The number of halogens is 3. The van der Waals surface area contributed by atoms with Gasteiger partial charge < -0.3 is 15.4 Å². The first kappa shape index (κ1) is 16.1. The Morgan fingerprint density at radius 3 is 2.57 bits per heavy atom. The van der Waals surface area contributed by atoms with Gasteiger partial charge in [0.05, 0.1) is 17.3 Å². The van der Waals surface area contributed by atoms with E-state index in [1.165, 1.54) is 6.07 Å². The van der Waals surface area contributed by atoms with Gasteiger partial charge in [-0.15, -0.1) is 0 Å². The summed E-state index contributed by atoms with van der Waals surface area (Å²) < 4.78 is 45.7. The lowest BCUT2D eigenvalue weighted by Crippen LogP contribution is -2.52. The van der Waals surface area contributed by atoms with Gasteiger partial charge in [-0.2, -0.15) is 13.2 Å². The Hall–Kier alpha value is -1.27. The monoisotopic (exact) mass is 302 g/mol. The van der Waals surface area contributed by atoms with Gasteiger partial charge >= 0.3 is 6.18 Å². The lowest BCUT2D eigenvalue weighted by Gasteiger charge is -2.43. The normalized spacial score (nSPS) is 22.4. The molecule has 0 aliphatic carbocycles. The van der Waals surface area contributed by atoms with Crippen molar-refractivity contribution in [3.05, 3.63) is 29.3 Å². The second kappa shape index (κ2) is 5.50. The second-order valence-electron chi connectivity index (χ2n) is 6.12. The van der Waals surface area contributed by atoms with Crippen molar-refractivity contribution in [3.8, 4) is 0 Å². The second-order valence-corrected chi connectivity index (χ2v) is 6.12. The van der Waals surface area contributed by atoms with Crippen LogP contribution in [0.3, 0.4) is 0 Å². The van der Waals surface area contributed by atoms with Gasteiger partial charge in [-0.3, -0.25) is 0 Å². The van der Waals surface area contributed by atoms with E-state index in [2.05, 4.69) is 0 Å². The fourth-order valence-electron chi connectivity index (χ4n) is 2.85. The quantitative estimate of drug-likeness (QED) is 0.912. The van der Waals surface area contributed by atoms with E-state index in [0.29, 0.717) is 18.7 Å². The number of morpholine rings is 1. The van der Waals surface area contributed by atoms with Crippen LogP contribution >= 0.6 is 0 Å². The Morgan fingerprint density at radius 2 is 2.05 bits per heavy atom. The van der Waals surface area contributed by atoms with Crippen molar-refractivity contribution in [2.75, 3.05) is 18.0 Å². The Labute approximate surface area is 122 Å². The molecule has 1 saturated heterocycles. The first-order valence-electron chi connectivity index (χ1n) is 6.95. The first-order valence-corrected chi connectivity index (χ1v) is 6.95. The lowest BCUT2D eigenvalue weighted by molar-refractivity contribution is -0.137. The van der Waals surface area contributed by atoms with Crippen LogP contribution in [0.5, 0.6) is 0 Å². The van der Waals surface area contributed by atoms with Crippen LogP contribution in [0.2, 0.25) is 0 Å². The first-order chi connectivity index (χ1) is 9.62. The zero-order valence-corrected chi connectivity index (χ0v) is 12.5. The Balaban J connectivity index is 2.43. The van der Waals surface area contributed by atoms with Gasteiger partial charge in [-0.05, 0) is 38.5 Å². The SMILES string of the molecule is CC1CN(c2ccc(CN)cc2C(F)(F)F)CC(C)(C)O1. The number of nitrogens with zero attached hydrogens (tertiary/aromatic N) is 1. The zero-order valence-electron chi connectivity index (χ0n) is 12.5. The average Bonchev–Trinajstić information content (AvgIpc) is 2.34. The molecule has 0 aromatic heterocycles. The summed E-state index contributed by atoms with van der Waals surface area (Å²) >= 11 is 0. The van der Waals surface area contributed by atoms with Crippen LogP contribution in [0.25, 0.3) is 0 Å². The number of alkyl halides is 3. The number of ether oxygens (including phenoxy) is 1. The molecule has 1 atom stereocenters. The third kappa shape index (κ3) is 3.68. The van der Waals surface area contributed by atoms with Crippen molar-refractivity contribution in [1.82, 2.24) is 0 Å². The van der Waals surface area contributed by atoms with Crippen LogP contribution in [0.15, 0.2) is 18.2 Å². The van der Waals surface area contributed by atoms with Gasteiger partial charge in [0.25, 0.3) is 0 Å². The highest BCUT2D eigenvalue weighted by atomic mass is 19.4. The predicted molar refractivity (Wildman–Crippen MR) is 76.2 cm³/mol. The van der Waals surface area contributed by atoms with Gasteiger partial charge in [0.2, 0.25) is 0 Å². The molecule has 0 spiro atoms. The molecule has 21 heavy (non-hydrogen) atoms. The summed E-state index contributed by atoms with van der Waals surface area (Å²) in [5.41, 5.74) is 5.02. The van der Waals surface area contributed by atoms with Crippen molar-refractivity contribution in [2.45, 2.75) is 45.2 Å². The molecule has 1 aromatic carbocycles. The van der Waals surface area contributed by atoms with Crippen LogP contribution < -0.4 is 10.6 Å². The highest BCUT2D eigenvalue weighted by Crippen LogP contribution is 2.39. The van der Waals surface area contributed by atoms with Crippen LogP contribution in [0.4, 0.5) is 18.9 Å².